The molecule has 0 bridgehead atoms. The number of nitrogens with one attached hydrogen (secondary N) is 1. The smallest absolute Gasteiger partial charge is 0.282 e. The van der Waals surface area contributed by atoms with Crippen molar-refractivity contribution in [3.63, 3.8) is 0 Å². The van der Waals surface area contributed by atoms with Crippen LogP contribution in [0.2, 0.25) is 10.0 Å². The van der Waals surface area contributed by atoms with Crippen molar-refractivity contribution < 1.29 is 9.53 Å². The summed E-state index contributed by atoms with van der Waals surface area (Å²) in [4.78, 5) is 13.3. The minimum atomic E-state index is -0.187. The van der Waals surface area contributed by atoms with Gasteiger partial charge in [-0.05, 0) is 60.6 Å². The Hall–Kier alpha value is -1.99. The first-order valence-electron chi connectivity index (χ1n) is 11.5. The Balaban J connectivity index is 0.00000274. The molecule has 2 aromatic rings. The zero-order valence-corrected chi connectivity index (χ0v) is 21.5. The van der Waals surface area contributed by atoms with Crippen molar-refractivity contribution in [2.24, 2.45) is 22.9 Å². The number of fused-ring (bicyclic) bond motifs is 1. The number of hydrazone groups is 1. The predicted octanol–water partition coefficient (Wildman–Crippen LogP) is 5.74. The van der Waals surface area contributed by atoms with Gasteiger partial charge in [-0.2, -0.15) is 5.10 Å². The second-order valence-corrected chi connectivity index (χ2v) is 10.1. The van der Waals surface area contributed by atoms with Crippen LogP contribution in [0.3, 0.4) is 0 Å². The molecule has 2 heterocycles. The van der Waals surface area contributed by atoms with Gasteiger partial charge in [0.05, 0.1) is 23.9 Å². The Labute approximate surface area is 216 Å². The van der Waals surface area contributed by atoms with Crippen LogP contribution >= 0.6 is 35.6 Å². The summed E-state index contributed by atoms with van der Waals surface area (Å²) < 4.78 is 5.32. The van der Waals surface area contributed by atoms with Gasteiger partial charge < -0.3 is 4.74 Å². The molecule has 9 heteroatoms. The third-order valence-electron chi connectivity index (χ3n) is 7.22. The van der Waals surface area contributed by atoms with E-state index in [0.29, 0.717) is 33.3 Å². The van der Waals surface area contributed by atoms with E-state index in [-0.39, 0.29) is 30.3 Å². The molecule has 2 unspecified atom stereocenters. The van der Waals surface area contributed by atoms with E-state index in [2.05, 4.69) is 10.4 Å². The zero-order valence-electron chi connectivity index (χ0n) is 19.2. The third kappa shape index (κ3) is 4.74. The minimum absolute atomic E-state index is 0. The highest BCUT2D eigenvalue weighted by molar-refractivity contribution is 6.41. The van der Waals surface area contributed by atoms with Crippen LogP contribution in [-0.2, 0) is 4.79 Å². The van der Waals surface area contributed by atoms with Crippen LogP contribution in [0.15, 0.2) is 47.6 Å². The average Bonchev–Trinajstić information content (AvgIpc) is 3.47. The number of methoxy groups -OCH3 is 1. The van der Waals surface area contributed by atoms with Gasteiger partial charge in [-0.25, -0.2) is 5.01 Å². The molecule has 1 saturated heterocycles. The van der Waals surface area contributed by atoms with Crippen LogP contribution < -0.4 is 15.2 Å². The quantitative estimate of drug-likeness (QED) is 0.543. The number of amides is 1. The van der Waals surface area contributed by atoms with E-state index in [4.69, 9.17) is 33.0 Å². The van der Waals surface area contributed by atoms with Crippen LogP contribution in [0.1, 0.15) is 37.8 Å². The maximum Gasteiger partial charge on any atom is 0.282 e. The molecule has 1 saturated carbocycles. The molecule has 0 spiro atoms. The Kier molecular flexibility index (Phi) is 7.63. The largest absolute Gasteiger partial charge is 0.497 e. The first-order chi connectivity index (χ1) is 15.9. The van der Waals surface area contributed by atoms with Gasteiger partial charge in [0, 0.05) is 24.0 Å². The summed E-state index contributed by atoms with van der Waals surface area (Å²) in [6.45, 7) is 3.88. The molecule has 4 atom stereocenters. The van der Waals surface area contributed by atoms with E-state index in [0.717, 1.165) is 24.4 Å². The summed E-state index contributed by atoms with van der Waals surface area (Å²) in [6.07, 6.45) is 3.83. The summed E-state index contributed by atoms with van der Waals surface area (Å²) in [5, 5.41) is 9.76. The maximum absolute atomic E-state index is 13.3. The highest BCUT2D eigenvalue weighted by Crippen LogP contribution is 2.43. The fraction of sp³-hybridized carbons (Fsp3) is 0.440. The van der Waals surface area contributed by atoms with E-state index >= 15 is 0 Å². The van der Waals surface area contributed by atoms with E-state index < -0.39 is 0 Å². The normalized spacial score (nSPS) is 26.1. The second-order valence-electron chi connectivity index (χ2n) is 9.23. The highest BCUT2D eigenvalue weighted by atomic mass is 35.5. The van der Waals surface area contributed by atoms with Gasteiger partial charge in [-0.1, -0.05) is 48.7 Å². The second kappa shape index (κ2) is 10.3. The van der Waals surface area contributed by atoms with Gasteiger partial charge in [-0.3, -0.25) is 15.2 Å². The number of carbonyl (C=O) groups is 1. The molecule has 5 rings (SSSR count). The Bertz CT molecular complexity index is 1070. The van der Waals surface area contributed by atoms with Gasteiger partial charge in [0.1, 0.15) is 11.5 Å². The summed E-state index contributed by atoms with van der Waals surface area (Å²) in [5.74, 6) is 1.88. The van der Waals surface area contributed by atoms with Crippen molar-refractivity contribution in [1.82, 2.24) is 10.4 Å². The molecule has 2 fully saturated rings. The van der Waals surface area contributed by atoms with Gasteiger partial charge in [0.15, 0.2) is 0 Å². The molecule has 2 aliphatic heterocycles. The molecular weight excluding hydrogens is 495 g/mol. The van der Waals surface area contributed by atoms with Gasteiger partial charge >= 0.3 is 0 Å². The molecule has 3 aliphatic rings. The lowest BCUT2D eigenvalue weighted by Gasteiger charge is -2.27. The van der Waals surface area contributed by atoms with E-state index in [1.165, 1.54) is 19.3 Å². The summed E-state index contributed by atoms with van der Waals surface area (Å²) in [5.41, 5.74) is 5.37. The fourth-order valence-corrected chi connectivity index (χ4v) is 6.01. The third-order valence-corrected chi connectivity index (χ3v) is 7.75. The topological polar surface area (TPSA) is 57.2 Å². The van der Waals surface area contributed by atoms with Crippen LogP contribution in [0.25, 0.3) is 0 Å². The number of halogens is 3. The maximum atomic E-state index is 13.3. The molecule has 34 heavy (non-hydrogen) atoms. The van der Waals surface area contributed by atoms with Crippen molar-refractivity contribution in [1.29, 1.82) is 0 Å². The zero-order chi connectivity index (χ0) is 23.1. The lowest BCUT2D eigenvalue weighted by Crippen LogP contribution is -2.45. The van der Waals surface area contributed by atoms with Crippen molar-refractivity contribution in [2.75, 3.05) is 25.2 Å². The van der Waals surface area contributed by atoms with Crippen molar-refractivity contribution in [3.8, 4) is 5.75 Å². The lowest BCUT2D eigenvalue weighted by molar-refractivity contribution is -0.119. The fourth-order valence-electron chi connectivity index (χ4n) is 5.51. The van der Waals surface area contributed by atoms with Crippen molar-refractivity contribution in [2.45, 2.75) is 32.2 Å². The number of rotatable bonds is 5. The molecule has 1 amide bonds. The van der Waals surface area contributed by atoms with Crippen LogP contribution in [0, 0.1) is 17.8 Å². The molecule has 6 nitrogen and oxygen atoms in total. The van der Waals surface area contributed by atoms with E-state index in [9.17, 15) is 4.79 Å². The van der Waals surface area contributed by atoms with Crippen LogP contribution in [0.4, 0.5) is 5.69 Å². The van der Waals surface area contributed by atoms with Gasteiger partial charge in [0.25, 0.3) is 5.91 Å². The number of hydrazine groups is 1. The van der Waals surface area contributed by atoms with Crippen molar-refractivity contribution in [3.05, 3.63) is 58.1 Å². The van der Waals surface area contributed by atoms with E-state index in [1.54, 1.807) is 19.2 Å². The molecule has 0 aromatic heterocycles. The van der Waals surface area contributed by atoms with Gasteiger partial charge in [-0.15, -0.1) is 12.4 Å². The number of hydrogen-bond acceptors (Lipinski definition) is 5. The molecule has 0 radical (unpaired) electrons. The Morgan fingerprint density at radius 2 is 1.76 bits per heavy atom. The number of hydrogen-bond donors (Lipinski definition) is 1. The Morgan fingerprint density at radius 3 is 2.38 bits per heavy atom. The number of nitrogens with zero attached hydrogens (tertiary/aromatic N) is 3. The molecule has 2 aromatic carbocycles. The lowest BCUT2D eigenvalue weighted by atomic mass is 9.91. The SMILES string of the molecule is COc1ccc([C@@H]2[C@@H](C)C(C(=O)NN3CC4CCCC4C3)=NN2c2ccc(Cl)cc2Cl)cc1.Cl. The number of carbonyl (C=O) groups excluding carboxylic acids is 1. The molecule has 1 aliphatic carbocycles. The number of anilines is 1. The molecule has 1 N–H and O–H groups in total. The summed E-state index contributed by atoms with van der Waals surface area (Å²) in [7, 11) is 1.64. The van der Waals surface area contributed by atoms with Crippen molar-refractivity contribution >= 4 is 52.9 Å². The average molecular weight is 524 g/mol. The van der Waals surface area contributed by atoms with Crippen LogP contribution in [-0.4, -0.2) is 36.8 Å². The van der Waals surface area contributed by atoms with Crippen LogP contribution in [0.5, 0.6) is 5.75 Å². The number of benzene rings is 2. The summed E-state index contributed by atoms with van der Waals surface area (Å²) >= 11 is 12.7. The number of ether oxygens (including phenoxy) is 1. The predicted molar refractivity (Wildman–Crippen MR) is 139 cm³/mol. The standard InChI is InChI=1S/C25H28Cl2N4O2.ClH/c1-15-23(25(32)29-30-13-17-4-3-5-18(17)14-30)28-31(22-11-8-19(26)12-21(22)27)24(15)16-6-9-20(33-2)10-7-16;/h6-12,15,17-18,24H,3-5,13-14H2,1-2H3,(H,29,32);1H/t15-,17?,18?,24-;/m0./s1. The minimum Gasteiger partial charge on any atom is -0.497 e. The summed E-state index contributed by atoms with van der Waals surface area (Å²) in [6, 6.07) is 13.0. The monoisotopic (exact) mass is 522 g/mol. The molecular formula is C25H29Cl3N4O2. The van der Waals surface area contributed by atoms with Gasteiger partial charge in [0.2, 0.25) is 0 Å². The van der Waals surface area contributed by atoms with E-state index in [1.807, 2.05) is 42.3 Å². The Morgan fingerprint density at radius 1 is 1.09 bits per heavy atom. The highest BCUT2D eigenvalue weighted by Gasteiger charge is 2.42. The molecule has 182 valence electrons. The first kappa shape index (κ1) is 25.1. The first-order valence-corrected chi connectivity index (χ1v) is 12.2.